The van der Waals surface area contributed by atoms with Crippen molar-refractivity contribution in [1.29, 1.82) is 5.26 Å². The van der Waals surface area contributed by atoms with Crippen molar-refractivity contribution in [3.8, 4) is 34.8 Å². The van der Waals surface area contributed by atoms with Crippen LogP contribution in [0.5, 0.6) is 0 Å². The Hall–Kier alpha value is -5.80. The van der Waals surface area contributed by atoms with Gasteiger partial charge in [0.25, 0.3) is 0 Å². The number of aromatic nitrogens is 4. The van der Waals surface area contributed by atoms with Gasteiger partial charge in [0, 0.05) is 32.7 Å². The summed E-state index contributed by atoms with van der Waals surface area (Å²) in [6.45, 7) is 0. The minimum absolute atomic E-state index is 0.540. The minimum atomic E-state index is 0.540. The molecular formula is C34H19N5O. The fourth-order valence-electron chi connectivity index (χ4n) is 5.52. The number of fused-ring (bicyclic) bond motifs is 6. The maximum absolute atomic E-state index is 9.39. The van der Waals surface area contributed by atoms with Crippen LogP contribution in [0.1, 0.15) is 5.56 Å². The van der Waals surface area contributed by atoms with E-state index in [9.17, 15) is 5.26 Å². The number of hydrogen-bond donors (Lipinski definition) is 0. The Bertz CT molecular complexity index is 2240. The van der Waals surface area contributed by atoms with E-state index in [1.807, 2.05) is 66.7 Å². The van der Waals surface area contributed by atoms with E-state index in [0.29, 0.717) is 34.3 Å². The number of furan rings is 1. The zero-order chi connectivity index (χ0) is 26.6. The van der Waals surface area contributed by atoms with Crippen LogP contribution in [0.25, 0.3) is 72.5 Å². The summed E-state index contributed by atoms with van der Waals surface area (Å²) >= 11 is 0. The number of benzene rings is 5. The molecule has 0 radical (unpaired) electrons. The van der Waals surface area contributed by atoms with Crippen LogP contribution in [-0.2, 0) is 0 Å². The number of hydrogen-bond acceptors (Lipinski definition) is 5. The normalized spacial score (nSPS) is 11.5. The molecule has 186 valence electrons. The molecule has 6 nitrogen and oxygen atoms in total. The Balaban J connectivity index is 1.47. The smallest absolute Gasteiger partial charge is 0.238 e. The van der Waals surface area contributed by atoms with E-state index in [0.717, 1.165) is 43.7 Å². The molecule has 0 aliphatic rings. The Labute approximate surface area is 228 Å². The van der Waals surface area contributed by atoms with Gasteiger partial charge in [-0.3, -0.25) is 4.57 Å². The van der Waals surface area contributed by atoms with Crippen molar-refractivity contribution in [2.75, 3.05) is 0 Å². The highest BCUT2D eigenvalue weighted by atomic mass is 16.3. The molecule has 40 heavy (non-hydrogen) atoms. The predicted octanol–water partition coefficient (Wildman–Crippen LogP) is 8.07. The van der Waals surface area contributed by atoms with Crippen LogP contribution >= 0.6 is 0 Å². The molecule has 5 aromatic carbocycles. The fourth-order valence-corrected chi connectivity index (χ4v) is 5.52. The zero-order valence-corrected chi connectivity index (χ0v) is 21.1. The Kier molecular flexibility index (Phi) is 4.78. The van der Waals surface area contributed by atoms with Crippen molar-refractivity contribution in [3.63, 3.8) is 0 Å². The summed E-state index contributed by atoms with van der Waals surface area (Å²) in [4.78, 5) is 15.1. The third-order valence-electron chi connectivity index (χ3n) is 7.30. The van der Waals surface area contributed by atoms with E-state index < -0.39 is 0 Å². The van der Waals surface area contributed by atoms with Crippen molar-refractivity contribution < 1.29 is 4.42 Å². The Morgan fingerprint density at radius 3 is 2.05 bits per heavy atom. The number of para-hydroxylation sites is 2. The molecule has 6 heteroatoms. The number of nitrogens with zero attached hydrogens (tertiary/aromatic N) is 5. The maximum atomic E-state index is 9.39. The van der Waals surface area contributed by atoms with Gasteiger partial charge in [0.1, 0.15) is 11.2 Å². The number of nitriles is 1. The molecule has 0 aliphatic carbocycles. The molecule has 8 rings (SSSR count). The quantitative estimate of drug-likeness (QED) is 0.239. The molecule has 0 amide bonds. The van der Waals surface area contributed by atoms with Gasteiger partial charge in [0.05, 0.1) is 22.7 Å². The van der Waals surface area contributed by atoms with Crippen molar-refractivity contribution in [3.05, 3.63) is 121 Å². The van der Waals surface area contributed by atoms with Gasteiger partial charge in [-0.05, 0) is 36.4 Å². The molecule has 0 atom stereocenters. The van der Waals surface area contributed by atoms with Gasteiger partial charge >= 0.3 is 0 Å². The van der Waals surface area contributed by atoms with Gasteiger partial charge < -0.3 is 4.42 Å². The van der Waals surface area contributed by atoms with Gasteiger partial charge in [-0.2, -0.15) is 15.2 Å². The average Bonchev–Trinajstić information content (AvgIpc) is 3.56. The lowest BCUT2D eigenvalue weighted by Gasteiger charge is -2.11. The molecule has 0 aliphatic heterocycles. The van der Waals surface area contributed by atoms with Gasteiger partial charge in [-0.15, -0.1) is 0 Å². The first-order valence-electron chi connectivity index (χ1n) is 12.9. The second-order valence-corrected chi connectivity index (χ2v) is 9.62. The zero-order valence-electron chi connectivity index (χ0n) is 21.1. The minimum Gasteiger partial charge on any atom is -0.456 e. The molecule has 0 N–H and O–H groups in total. The molecule has 0 spiro atoms. The highest BCUT2D eigenvalue weighted by Gasteiger charge is 2.20. The third kappa shape index (κ3) is 3.32. The van der Waals surface area contributed by atoms with E-state index in [-0.39, 0.29) is 0 Å². The van der Waals surface area contributed by atoms with Crippen molar-refractivity contribution in [2.45, 2.75) is 0 Å². The third-order valence-corrected chi connectivity index (χ3v) is 7.30. The summed E-state index contributed by atoms with van der Waals surface area (Å²) in [6.07, 6.45) is 0. The van der Waals surface area contributed by atoms with E-state index in [1.54, 1.807) is 12.1 Å². The van der Waals surface area contributed by atoms with E-state index >= 15 is 0 Å². The van der Waals surface area contributed by atoms with E-state index in [1.165, 1.54) is 0 Å². The fraction of sp³-hybridized carbons (Fsp3) is 0. The Morgan fingerprint density at radius 1 is 0.600 bits per heavy atom. The van der Waals surface area contributed by atoms with Crippen LogP contribution in [-0.4, -0.2) is 19.5 Å². The Morgan fingerprint density at radius 2 is 1.30 bits per heavy atom. The molecule has 0 saturated heterocycles. The molecule has 0 bridgehead atoms. The summed E-state index contributed by atoms with van der Waals surface area (Å²) in [5, 5.41) is 13.5. The van der Waals surface area contributed by atoms with Crippen LogP contribution < -0.4 is 0 Å². The van der Waals surface area contributed by atoms with Gasteiger partial charge in [-0.25, -0.2) is 4.98 Å². The first-order chi connectivity index (χ1) is 19.8. The van der Waals surface area contributed by atoms with Crippen LogP contribution in [0.4, 0.5) is 0 Å². The molecule has 8 aromatic rings. The molecule has 3 heterocycles. The molecule has 0 unspecified atom stereocenters. The first-order valence-corrected chi connectivity index (χ1v) is 12.9. The summed E-state index contributed by atoms with van der Waals surface area (Å²) in [5.41, 5.74) is 5.70. The monoisotopic (exact) mass is 513 g/mol. The largest absolute Gasteiger partial charge is 0.456 e. The summed E-state index contributed by atoms with van der Waals surface area (Å²) in [6, 6.07) is 40.1. The lowest BCUT2D eigenvalue weighted by Crippen LogP contribution is -2.06. The van der Waals surface area contributed by atoms with Crippen molar-refractivity contribution in [1.82, 2.24) is 19.5 Å². The van der Waals surface area contributed by atoms with E-state index in [2.05, 4.69) is 47.0 Å². The van der Waals surface area contributed by atoms with E-state index in [4.69, 9.17) is 19.4 Å². The topological polar surface area (TPSA) is 80.5 Å². The highest BCUT2D eigenvalue weighted by molar-refractivity contribution is 6.12. The second-order valence-electron chi connectivity index (χ2n) is 9.62. The SMILES string of the molecule is N#Cc1ccc2c(c1)oc1cccc(-c3nc(-c4ccccc4)nc(-n4c5ccccc5c5ccccc54)n3)c12. The van der Waals surface area contributed by atoms with Crippen LogP contribution in [0.2, 0.25) is 0 Å². The summed E-state index contributed by atoms with van der Waals surface area (Å²) in [7, 11) is 0. The summed E-state index contributed by atoms with van der Waals surface area (Å²) < 4.78 is 8.27. The summed E-state index contributed by atoms with van der Waals surface area (Å²) in [5.74, 6) is 1.67. The first kappa shape index (κ1) is 22.2. The molecule has 0 fully saturated rings. The lowest BCUT2D eigenvalue weighted by atomic mass is 10.0. The maximum Gasteiger partial charge on any atom is 0.238 e. The van der Waals surface area contributed by atoms with Crippen molar-refractivity contribution >= 4 is 43.7 Å². The van der Waals surface area contributed by atoms with Crippen LogP contribution in [0.15, 0.2) is 120 Å². The average molecular weight is 514 g/mol. The van der Waals surface area contributed by atoms with Gasteiger partial charge in [0.2, 0.25) is 5.95 Å². The standard InChI is InChI=1S/C34H19N5O/c35-20-21-17-18-25-30(19-21)40-29-16-8-13-26(31(25)29)33-36-32(22-9-2-1-3-10-22)37-34(38-33)39-27-14-6-4-11-23(27)24-12-5-7-15-28(24)39/h1-19H. The second kappa shape index (κ2) is 8.62. The van der Waals surface area contributed by atoms with Crippen LogP contribution in [0, 0.1) is 11.3 Å². The number of rotatable bonds is 3. The molecule has 3 aromatic heterocycles. The lowest BCUT2D eigenvalue weighted by molar-refractivity contribution is 0.669. The predicted molar refractivity (Wildman–Crippen MR) is 157 cm³/mol. The molecule has 0 saturated carbocycles. The van der Waals surface area contributed by atoms with Crippen molar-refractivity contribution in [2.24, 2.45) is 0 Å². The van der Waals surface area contributed by atoms with Gasteiger partial charge in [0.15, 0.2) is 11.6 Å². The van der Waals surface area contributed by atoms with Crippen LogP contribution in [0.3, 0.4) is 0 Å². The van der Waals surface area contributed by atoms with Gasteiger partial charge in [-0.1, -0.05) is 78.9 Å². The highest BCUT2D eigenvalue weighted by Crippen LogP contribution is 2.37. The molecular weight excluding hydrogens is 494 g/mol.